The van der Waals surface area contributed by atoms with Crippen molar-refractivity contribution in [3.8, 4) is 5.75 Å². The van der Waals surface area contributed by atoms with Gasteiger partial charge >= 0.3 is 0 Å². The summed E-state index contributed by atoms with van der Waals surface area (Å²) >= 11 is 12.3. The third kappa shape index (κ3) is 4.39. The first-order valence-electron chi connectivity index (χ1n) is 9.38. The first kappa shape index (κ1) is 23.1. The van der Waals surface area contributed by atoms with E-state index in [1.54, 1.807) is 6.07 Å². The largest absolute Gasteiger partial charge is 0.507 e. The summed E-state index contributed by atoms with van der Waals surface area (Å²) in [6.45, 7) is 0.607. The smallest absolute Gasteiger partial charge is 0.295 e. The molecule has 0 radical (unpaired) electrons. The number of nitrogens with zero attached hydrogens (tertiary/aromatic N) is 2. The van der Waals surface area contributed by atoms with Crippen molar-refractivity contribution in [3.63, 3.8) is 0 Å². The summed E-state index contributed by atoms with van der Waals surface area (Å²) in [7, 11) is 5.02. The average molecular weight is 467 g/mol. The quantitative estimate of drug-likeness (QED) is 0.393. The van der Waals surface area contributed by atoms with E-state index in [4.69, 9.17) is 27.9 Å². The maximum atomic E-state index is 14.7. The Balaban J connectivity index is 2.21. The Morgan fingerprint density at radius 2 is 1.81 bits per heavy atom. The maximum Gasteiger partial charge on any atom is 0.295 e. The van der Waals surface area contributed by atoms with Crippen LogP contribution in [0.2, 0.25) is 10.0 Å². The number of amides is 1. The fraction of sp³-hybridized carbons (Fsp3) is 0.273. The second-order valence-corrected chi connectivity index (χ2v) is 8.10. The molecule has 2 aromatic rings. The summed E-state index contributed by atoms with van der Waals surface area (Å²) in [5.74, 6) is -2.61. The molecular weight excluding hydrogens is 446 g/mol. The minimum Gasteiger partial charge on any atom is -0.507 e. The Morgan fingerprint density at radius 3 is 2.35 bits per heavy atom. The van der Waals surface area contributed by atoms with Crippen LogP contribution in [-0.4, -0.2) is 60.9 Å². The maximum absolute atomic E-state index is 14.7. The van der Waals surface area contributed by atoms with E-state index in [0.29, 0.717) is 6.54 Å². The minimum absolute atomic E-state index is 0.104. The van der Waals surface area contributed by atoms with Gasteiger partial charge in [0.25, 0.3) is 11.7 Å². The lowest BCUT2D eigenvalue weighted by molar-refractivity contribution is -0.140. The first-order chi connectivity index (χ1) is 14.7. The number of ketones is 1. The summed E-state index contributed by atoms with van der Waals surface area (Å²) in [6.07, 6.45) is 0. The van der Waals surface area contributed by atoms with E-state index in [1.165, 1.54) is 42.3 Å². The molecule has 1 aliphatic heterocycles. The number of likely N-dealkylation sites (tertiary alicyclic amines) is 1. The standard InChI is InChI=1S/C22H21Cl2FN2O4/c1-26(2)8-9-27-18(13-6-4-5-7-16(13)25)17(20(29)22(27)30)19(28)12-10-14(23)21(31-3)15(24)11-12/h4-7,10-11,18,28H,8-9H2,1-3H3/b19-17+. The van der Waals surface area contributed by atoms with Gasteiger partial charge in [0.15, 0.2) is 5.75 Å². The number of aliphatic hydroxyl groups is 1. The molecule has 3 rings (SSSR count). The van der Waals surface area contributed by atoms with Crippen molar-refractivity contribution in [2.45, 2.75) is 6.04 Å². The molecule has 1 heterocycles. The normalized spacial score (nSPS) is 18.2. The Labute approximate surface area is 189 Å². The topological polar surface area (TPSA) is 70.1 Å². The summed E-state index contributed by atoms with van der Waals surface area (Å²) in [5.41, 5.74) is -0.0124. The van der Waals surface area contributed by atoms with E-state index in [0.717, 1.165) is 0 Å². The van der Waals surface area contributed by atoms with Crippen LogP contribution >= 0.6 is 23.2 Å². The molecule has 31 heavy (non-hydrogen) atoms. The lowest BCUT2D eigenvalue weighted by Gasteiger charge is -2.26. The van der Waals surface area contributed by atoms with Gasteiger partial charge in [-0.1, -0.05) is 41.4 Å². The second-order valence-electron chi connectivity index (χ2n) is 7.29. The molecule has 1 amide bonds. The molecule has 164 valence electrons. The highest BCUT2D eigenvalue weighted by Crippen LogP contribution is 2.42. The predicted molar refractivity (Wildman–Crippen MR) is 117 cm³/mol. The number of rotatable bonds is 6. The van der Waals surface area contributed by atoms with Gasteiger partial charge < -0.3 is 19.6 Å². The fourth-order valence-electron chi connectivity index (χ4n) is 3.49. The lowest BCUT2D eigenvalue weighted by Crippen LogP contribution is -2.35. The molecule has 2 aromatic carbocycles. The highest BCUT2D eigenvalue weighted by atomic mass is 35.5. The van der Waals surface area contributed by atoms with Crippen LogP contribution in [0.3, 0.4) is 0 Å². The zero-order valence-corrected chi connectivity index (χ0v) is 18.7. The molecule has 0 aliphatic carbocycles. The predicted octanol–water partition coefficient (Wildman–Crippen LogP) is 4.12. The monoisotopic (exact) mass is 466 g/mol. The number of methoxy groups -OCH3 is 1. The van der Waals surface area contributed by atoms with Crippen molar-refractivity contribution >= 4 is 40.7 Å². The molecule has 1 unspecified atom stereocenters. The average Bonchev–Trinajstić information content (AvgIpc) is 2.96. The number of Topliss-reactive ketones (excluding diaryl/α,β-unsaturated/α-hetero) is 1. The van der Waals surface area contributed by atoms with Gasteiger partial charge in [-0.25, -0.2) is 4.39 Å². The molecule has 0 bridgehead atoms. The van der Waals surface area contributed by atoms with Crippen LogP contribution in [0.15, 0.2) is 42.0 Å². The third-order valence-corrected chi connectivity index (χ3v) is 5.57. The van der Waals surface area contributed by atoms with Crippen LogP contribution < -0.4 is 4.74 Å². The fourth-order valence-corrected chi connectivity index (χ4v) is 4.13. The molecule has 0 aromatic heterocycles. The molecule has 1 atom stereocenters. The van der Waals surface area contributed by atoms with Gasteiger partial charge in [-0.15, -0.1) is 0 Å². The molecule has 0 saturated carbocycles. The van der Waals surface area contributed by atoms with Gasteiger partial charge in [0.1, 0.15) is 11.6 Å². The summed E-state index contributed by atoms with van der Waals surface area (Å²) in [4.78, 5) is 28.8. The van der Waals surface area contributed by atoms with Crippen molar-refractivity contribution in [1.29, 1.82) is 0 Å². The summed E-state index contributed by atoms with van der Waals surface area (Å²) in [6, 6.07) is 7.47. The zero-order valence-electron chi connectivity index (χ0n) is 17.2. The number of likely N-dealkylation sites (N-methyl/N-ethyl adjacent to an activating group) is 1. The van der Waals surface area contributed by atoms with Crippen molar-refractivity contribution in [3.05, 3.63) is 69.0 Å². The van der Waals surface area contributed by atoms with Crippen molar-refractivity contribution in [2.24, 2.45) is 0 Å². The third-order valence-electron chi connectivity index (χ3n) is 5.00. The zero-order chi connectivity index (χ0) is 22.9. The Morgan fingerprint density at radius 1 is 1.19 bits per heavy atom. The molecule has 0 spiro atoms. The van der Waals surface area contributed by atoms with Gasteiger partial charge in [0.05, 0.1) is 28.8 Å². The molecular formula is C22H21Cl2FN2O4. The molecule has 9 heteroatoms. The van der Waals surface area contributed by atoms with Gasteiger partial charge in [-0.3, -0.25) is 9.59 Å². The van der Waals surface area contributed by atoms with E-state index in [9.17, 15) is 19.1 Å². The van der Waals surface area contributed by atoms with Gasteiger partial charge in [-0.05, 0) is 32.3 Å². The van der Waals surface area contributed by atoms with Gasteiger partial charge in [-0.2, -0.15) is 0 Å². The minimum atomic E-state index is -1.10. The Bertz CT molecular complexity index is 1050. The van der Waals surface area contributed by atoms with Crippen LogP contribution in [0.1, 0.15) is 17.2 Å². The highest BCUT2D eigenvalue weighted by molar-refractivity contribution is 6.46. The van der Waals surface area contributed by atoms with Crippen LogP contribution in [0.25, 0.3) is 5.76 Å². The number of hydrogen-bond acceptors (Lipinski definition) is 5. The number of ether oxygens (including phenoxy) is 1. The SMILES string of the molecule is COc1c(Cl)cc(/C(O)=C2\C(=O)C(=O)N(CCN(C)C)C2c2ccccc2F)cc1Cl. The number of benzene rings is 2. The molecule has 1 N–H and O–H groups in total. The molecule has 1 saturated heterocycles. The first-order valence-corrected chi connectivity index (χ1v) is 10.1. The van der Waals surface area contributed by atoms with E-state index < -0.39 is 29.3 Å². The van der Waals surface area contributed by atoms with E-state index >= 15 is 0 Å². The van der Waals surface area contributed by atoms with Gasteiger partial charge in [0.2, 0.25) is 0 Å². The van der Waals surface area contributed by atoms with Crippen LogP contribution in [0, 0.1) is 5.82 Å². The van der Waals surface area contributed by atoms with E-state index in [-0.39, 0.29) is 39.0 Å². The number of halogens is 3. The second kappa shape index (κ2) is 9.26. The molecule has 1 aliphatic rings. The Hall–Kier alpha value is -2.61. The van der Waals surface area contributed by atoms with Crippen molar-refractivity contribution in [2.75, 3.05) is 34.3 Å². The lowest BCUT2D eigenvalue weighted by atomic mass is 9.95. The number of carbonyl (C=O) groups excluding carboxylic acids is 2. The van der Waals surface area contributed by atoms with Crippen molar-refractivity contribution in [1.82, 2.24) is 9.80 Å². The van der Waals surface area contributed by atoms with E-state index in [2.05, 4.69) is 0 Å². The van der Waals surface area contributed by atoms with Crippen LogP contribution in [0.4, 0.5) is 4.39 Å². The number of aliphatic hydroxyl groups excluding tert-OH is 1. The summed E-state index contributed by atoms with van der Waals surface area (Å²) < 4.78 is 19.8. The highest BCUT2D eigenvalue weighted by Gasteiger charge is 2.46. The number of hydrogen-bond donors (Lipinski definition) is 1. The van der Waals surface area contributed by atoms with E-state index in [1.807, 2.05) is 19.0 Å². The van der Waals surface area contributed by atoms with Crippen LogP contribution in [0.5, 0.6) is 5.75 Å². The summed E-state index contributed by atoms with van der Waals surface area (Å²) in [5, 5.41) is 11.3. The Kier molecular flexibility index (Phi) is 6.89. The van der Waals surface area contributed by atoms with Crippen LogP contribution in [-0.2, 0) is 9.59 Å². The molecule has 6 nitrogen and oxygen atoms in total. The van der Waals surface area contributed by atoms with Crippen molar-refractivity contribution < 1.29 is 23.8 Å². The van der Waals surface area contributed by atoms with Gasteiger partial charge in [0, 0.05) is 24.2 Å². The number of carbonyl (C=O) groups is 2. The molecule has 1 fully saturated rings.